The minimum atomic E-state index is 0.951. The molecule has 0 spiro atoms. The summed E-state index contributed by atoms with van der Waals surface area (Å²) in [6, 6.07) is 0. The van der Waals surface area contributed by atoms with Crippen LogP contribution in [0.1, 0.15) is 26.2 Å². The van der Waals surface area contributed by atoms with Gasteiger partial charge in [-0.05, 0) is 37.7 Å². The summed E-state index contributed by atoms with van der Waals surface area (Å²) in [5, 5.41) is 0. The zero-order valence-electron chi connectivity index (χ0n) is 5.91. The number of hydrogen-bond donors (Lipinski definition) is 0. The summed E-state index contributed by atoms with van der Waals surface area (Å²) >= 11 is 0. The van der Waals surface area contributed by atoms with E-state index in [1.807, 2.05) is 0 Å². The summed E-state index contributed by atoms with van der Waals surface area (Å²) in [4.78, 5) is 0. The van der Waals surface area contributed by atoms with E-state index in [9.17, 15) is 0 Å². The van der Waals surface area contributed by atoms with Gasteiger partial charge in [0, 0.05) is 0 Å². The highest BCUT2D eigenvalue weighted by atomic mass is 14.3. The maximum atomic E-state index is 4.03. The van der Waals surface area contributed by atoms with Crippen molar-refractivity contribution in [2.24, 2.45) is 5.92 Å². The lowest BCUT2D eigenvalue weighted by molar-refractivity contribution is 0.592. The molecule has 0 aromatic carbocycles. The van der Waals surface area contributed by atoms with E-state index < -0.39 is 0 Å². The Labute approximate surface area is 56.3 Å². The number of rotatable bonds is 0. The van der Waals surface area contributed by atoms with Crippen molar-refractivity contribution in [1.82, 2.24) is 0 Å². The summed E-state index contributed by atoms with van der Waals surface area (Å²) < 4.78 is 0. The predicted molar refractivity (Wildman–Crippen MR) is 39.2 cm³/mol. The summed E-state index contributed by atoms with van der Waals surface area (Å²) in [7, 11) is 0. The summed E-state index contributed by atoms with van der Waals surface area (Å²) in [5.74, 6) is 0.951. The molecule has 0 saturated heterocycles. The fraction of sp³-hybridized carbons (Fsp3) is 0.556. The molecule has 1 fully saturated rings. The Morgan fingerprint density at radius 2 is 2.11 bits per heavy atom. The maximum absolute atomic E-state index is 4.03. The van der Waals surface area contributed by atoms with Crippen LogP contribution < -0.4 is 0 Å². The summed E-state index contributed by atoms with van der Waals surface area (Å²) in [6.07, 6.45) is 3.98. The third-order valence-electron chi connectivity index (χ3n) is 2.56. The Morgan fingerprint density at radius 1 is 1.33 bits per heavy atom. The quantitative estimate of drug-likeness (QED) is 0.461. The molecular weight excluding hydrogens is 108 g/mol. The van der Waals surface area contributed by atoms with Crippen molar-refractivity contribution < 1.29 is 0 Å². The Bertz CT molecular complexity index is 196. The standard InChI is InChI=1S/C9H12/c1-6-3-8-4-7(2)9(6)5-8/h8H,1,3-5H2,2H3. The normalized spacial score (nSPS) is 32.6. The van der Waals surface area contributed by atoms with Crippen LogP contribution in [0.4, 0.5) is 0 Å². The van der Waals surface area contributed by atoms with Gasteiger partial charge >= 0.3 is 0 Å². The van der Waals surface area contributed by atoms with Crippen LogP contribution in [-0.2, 0) is 0 Å². The van der Waals surface area contributed by atoms with Gasteiger partial charge in [-0.1, -0.05) is 17.7 Å². The van der Waals surface area contributed by atoms with Crippen molar-refractivity contribution in [2.45, 2.75) is 26.2 Å². The molecule has 0 aromatic heterocycles. The summed E-state index contributed by atoms with van der Waals surface area (Å²) in [6.45, 7) is 6.28. The van der Waals surface area contributed by atoms with Crippen LogP contribution >= 0.6 is 0 Å². The van der Waals surface area contributed by atoms with Gasteiger partial charge in [0.25, 0.3) is 0 Å². The first kappa shape index (κ1) is 5.28. The van der Waals surface area contributed by atoms with Crippen LogP contribution in [0.3, 0.4) is 0 Å². The van der Waals surface area contributed by atoms with E-state index in [-0.39, 0.29) is 0 Å². The van der Waals surface area contributed by atoms with Gasteiger partial charge in [-0.15, -0.1) is 0 Å². The lowest BCUT2D eigenvalue weighted by Gasteiger charge is -2.08. The van der Waals surface area contributed by atoms with Crippen LogP contribution in [0, 0.1) is 5.92 Å². The molecule has 0 aromatic rings. The van der Waals surface area contributed by atoms with Crippen molar-refractivity contribution >= 4 is 0 Å². The van der Waals surface area contributed by atoms with Gasteiger partial charge in [0.1, 0.15) is 0 Å². The molecule has 0 N–H and O–H groups in total. The zero-order valence-corrected chi connectivity index (χ0v) is 5.91. The Kier molecular flexibility index (Phi) is 0.879. The second-order valence-electron chi connectivity index (χ2n) is 3.34. The lowest BCUT2D eigenvalue weighted by atomic mass is 9.97. The molecule has 2 rings (SSSR count). The fourth-order valence-electron chi connectivity index (χ4n) is 2.15. The smallest absolute Gasteiger partial charge is 0.0242 e. The van der Waals surface area contributed by atoms with Gasteiger partial charge in [0.05, 0.1) is 0 Å². The van der Waals surface area contributed by atoms with E-state index in [0.29, 0.717) is 0 Å². The maximum Gasteiger partial charge on any atom is -0.0242 e. The van der Waals surface area contributed by atoms with Crippen molar-refractivity contribution in [2.75, 3.05) is 0 Å². The number of allylic oxidation sites excluding steroid dienone is 3. The van der Waals surface area contributed by atoms with Crippen LogP contribution in [0.5, 0.6) is 0 Å². The van der Waals surface area contributed by atoms with Gasteiger partial charge in [-0.2, -0.15) is 0 Å². The van der Waals surface area contributed by atoms with Crippen molar-refractivity contribution in [1.29, 1.82) is 0 Å². The van der Waals surface area contributed by atoms with Gasteiger partial charge in [-0.3, -0.25) is 0 Å². The molecule has 1 saturated carbocycles. The second-order valence-corrected chi connectivity index (χ2v) is 3.34. The largest absolute Gasteiger partial charge is 0.0955 e. The fourth-order valence-corrected chi connectivity index (χ4v) is 2.15. The van der Waals surface area contributed by atoms with Crippen LogP contribution in [0.15, 0.2) is 23.3 Å². The molecule has 0 aliphatic heterocycles. The average Bonchev–Trinajstić information content (AvgIpc) is 2.22. The molecule has 2 bridgehead atoms. The Balaban J connectivity index is 2.44. The van der Waals surface area contributed by atoms with E-state index in [2.05, 4.69) is 13.5 Å². The third kappa shape index (κ3) is 0.592. The molecule has 0 amide bonds. The SMILES string of the molecule is C=C1CC2CC(C)=C1C2. The minimum Gasteiger partial charge on any atom is -0.0955 e. The van der Waals surface area contributed by atoms with E-state index in [1.54, 1.807) is 11.1 Å². The molecule has 1 atom stereocenters. The predicted octanol–water partition coefficient (Wildman–Crippen LogP) is 2.67. The Hall–Kier alpha value is -0.520. The van der Waals surface area contributed by atoms with Crippen molar-refractivity contribution in [3.63, 3.8) is 0 Å². The first-order chi connectivity index (χ1) is 4.27. The van der Waals surface area contributed by atoms with Crippen LogP contribution in [-0.4, -0.2) is 0 Å². The van der Waals surface area contributed by atoms with Gasteiger partial charge < -0.3 is 0 Å². The van der Waals surface area contributed by atoms with Gasteiger partial charge in [-0.25, -0.2) is 0 Å². The first-order valence-corrected chi connectivity index (χ1v) is 3.64. The topological polar surface area (TPSA) is 0 Å². The van der Waals surface area contributed by atoms with Gasteiger partial charge in [0.2, 0.25) is 0 Å². The van der Waals surface area contributed by atoms with Crippen molar-refractivity contribution in [3.8, 4) is 0 Å². The average molecular weight is 120 g/mol. The van der Waals surface area contributed by atoms with Crippen molar-refractivity contribution in [3.05, 3.63) is 23.3 Å². The molecule has 9 heavy (non-hydrogen) atoms. The molecule has 48 valence electrons. The van der Waals surface area contributed by atoms with E-state index in [1.165, 1.54) is 24.8 Å². The van der Waals surface area contributed by atoms with E-state index in [4.69, 9.17) is 0 Å². The zero-order chi connectivity index (χ0) is 6.43. The van der Waals surface area contributed by atoms with Crippen LogP contribution in [0.25, 0.3) is 0 Å². The molecule has 0 heterocycles. The Morgan fingerprint density at radius 3 is 2.44 bits per heavy atom. The number of hydrogen-bond acceptors (Lipinski definition) is 0. The highest BCUT2D eigenvalue weighted by Gasteiger charge is 2.30. The molecule has 2 aliphatic rings. The minimum absolute atomic E-state index is 0.951. The molecule has 0 nitrogen and oxygen atoms in total. The monoisotopic (exact) mass is 120 g/mol. The lowest BCUT2D eigenvalue weighted by Crippen LogP contribution is -1.92. The van der Waals surface area contributed by atoms with E-state index >= 15 is 0 Å². The molecule has 2 aliphatic carbocycles. The third-order valence-corrected chi connectivity index (χ3v) is 2.56. The highest BCUT2D eigenvalue weighted by molar-refractivity contribution is 5.42. The molecule has 1 unspecified atom stereocenters. The van der Waals surface area contributed by atoms with Crippen LogP contribution in [0.2, 0.25) is 0 Å². The van der Waals surface area contributed by atoms with E-state index in [0.717, 1.165) is 5.92 Å². The highest BCUT2D eigenvalue weighted by Crippen LogP contribution is 2.46. The second kappa shape index (κ2) is 1.50. The molecule has 0 heteroatoms. The first-order valence-electron chi connectivity index (χ1n) is 3.64. The van der Waals surface area contributed by atoms with Gasteiger partial charge in [0.15, 0.2) is 0 Å². The molecule has 0 radical (unpaired) electrons. The summed E-state index contributed by atoms with van der Waals surface area (Å²) in [5.41, 5.74) is 4.62. The molecular formula is C9H12. The number of fused-ring (bicyclic) bond motifs is 2.